The predicted octanol–water partition coefficient (Wildman–Crippen LogP) is 1.99. The van der Waals surface area contributed by atoms with Gasteiger partial charge in [-0.1, -0.05) is 19.9 Å². The van der Waals surface area contributed by atoms with Crippen LogP contribution in [-0.2, 0) is 16.1 Å². The van der Waals surface area contributed by atoms with Gasteiger partial charge < -0.3 is 15.2 Å². The van der Waals surface area contributed by atoms with Crippen LogP contribution in [0.1, 0.15) is 38.7 Å². The molecule has 6 nitrogen and oxygen atoms in total. The number of hydrogen-bond acceptors (Lipinski definition) is 4. The molecule has 21 heavy (non-hydrogen) atoms. The van der Waals surface area contributed by atoms with Gasteiger partial charge >= 0.3 is 5.97 Å². The second-order valence-corrected chi connectivity index (χ2v) is 4.95. The molecule has 0 aliphatic carbocycles. The van der Waals surface area contributed by atoms with Crippen molar-refractivity contribution in [3.63, 3.8) is 0 Å². The van der Waals surface area contributed by atoms with Gasteiger partial charge in [-0.05, 0) is 18.4 Å². The molecular weight excluding hydrogens is 272 g/mol. The molecule has 0 saturated carbocycles. The monoisotopic (exact) mass is 294 g/mol. The van der Waals surface area contributed by atoms with Gasteiger partial charge in [0.1, 0.15) is 0 Å². The van der Waals surface area contributed by atoms with Crippen LogP contribution >= 0.6 is 0 Å². The molecule has 0 aromatic carbocycles. The zero-order valence-electron chi connectivity index (χ0n) is 12.7. The zero-order valence-corrected chi connectivity index (χ0v) is 12.7. The third-order valence-corrected chi connectivity index (χ3v) is 3.80. The Morgan fingerprint density at radius 2 is 2.00 bits per heavy atom. The van der Waals surface area contributed by atoms with E-state index in [4.69, 9.17) is 4.74 Å². The first-order valence-corrected chi connectivity index (χ1v) is 6.96. The van der Waals surface area contributed by atoms with Gasteiger partial charge in [-0.3, -0.25) is 9.59 Å². The summed E-state index contributed by atoms with van der Waals surface area (Å²) in [6.07, 6.45) is 2.45. The van der Waals surface area contributed by atoms with Crippen molar-refractivity contribution in [2.45, 2.75) is 39.7 Å². The maximum absolute atomic E-state index is 12.0. The Kier molecular flexibility index (Phi) is 6.14. The van der Waals surface area contributed by atoms with Crippen LogP contribution < -0.4 is 10.1 Å². The van der Waals surface area contributed by atoms with Gasteiger partial charge in [0.2, 0.25) is 11.8 Å². The average molecular weight is 294 g/mol. The van der Waals surface area contributed by atoms with Crippen molar-refractivity contribution in [2.24, 2.45) is 5.41 Å². The molecule has 0 aliphatic heterocycles. The summed E-state index contributed by atoms with van der Waals surface area (Å²) in [4.78, 5) is 27.4. The first-order chi connectivity index (χ1) is 9.97. The topological polar surface area (TPSA) is 88.5 Å². The number of amides is 1. The lowest BCUT2D eigenvalue weighted by molar-refractivity contribution is -0.152. The van der Waals surface area contributed by atoms with Crippen molar-refractivity contribution >= 4 is 11.9 Å². The quantitative estimate of drug-likeness (QED) is 0.765. The Bertz CT molecular complexity index is 481. The summed E-state index contributed by atoms with van der Waals surface area (Å²) in [7, 11) is 1.53. The van der Waals surface area contributed by atoms with Gasteiger partial charge in [0.05, 0.1) is 12.5 Å². The number of aliphatic carboxylic acids is 1. The predicted molar refractivity (Wildman–Crippen MR) is 77.9 cm³/mol. The molecule has 1 amide bonds. The van der Waals surface area contributed by atoms with E-state index < -0.39 is 11.4 Å². The van der Waals surface area contributed by atoms with Crippen molar-refractivity contribution in [2.75, 3.05) is 7.11 Å². The molecular formula is C15H22N2O4. The maximum Gasteiger partial charge on any atom is 0.310 e. The molecule has 2 N–H and O–H groups in total. The number of nitrogens with one attached hydrogen (secondary N) is 1. The minimum absolute atomic E-state index is 0.0150. The normalized spacial score (nSPS) is 11.0. The summed E-state index contributed by atoms with van der Waals surface area (Å²) < 4.78 is 4.95. The molecule has 0 unspecified atom stereocenters. The van der Waals surface area contributed by atoms with E-state index in [9.17, 15) is 14.7 Å². The Labute approximate surface area is 124 Å². The molecule has 1 aromatic heterocycles. The molecule has 0 atom stereocenters. The van der Waals surface area contributed by atoms with E-state index in [0.717, 1.165) is 5.56 Å². The van der Waals surface area contributed by atoms with Gasteiger partial charge in [-0.2, -0.15) is 0 Å². The highest BCUT2D eigenvalue weighted by molar-refractivity contribution is 5.84. The van der Waals surface area contributed by atoms with Gasteiger partial charge in [-0.15, -0.1) is 0 Å². The molecule has 1 heterocycles. The first kappa shape index (κ1) is 16.9. The average Bonchev–Trinajstić information content (AvgIpc) is 2.50. The number of carboxylic acids is 1. The summed E-state index contributed by atoms with van der Waals surface area (Å²) in [5.41, 5.74) is -0.152. The molecule has 0 spiro atoms. The van der Waals surface area contributed by atoms with Crippen LogP contribution in [0.25, 0.3) is 0 Å². The van der Waals surface area contributed by atoms with E-state index in [1.165, 1.54) is 7.11 Å². The SMILES string of the molecule is CCC(CC)(CC(=O)NCc1ccc(OC)nc1)C(=O)O. The molecule has 6 heteroatoms. The highest BCUT2D eigenvalue weighted by atomic mass is 16.5. The standard InChI is InChI=1S/C15H22N2O4/c1-4-15(5-2,14(19)20)8-12(18)16-9-11-6-7-13(21-3)17-10-11/h6-7,10H,4-5,8-9H2,1-3H3,(H,16,18)(H,19,20). The largest absolute Gasteiger partial charge is 0.481 e. The molecule has 1 rings (SSSR count). The second kappa shape index (κ2) is 7.61. The molecule has 0 fully saturated rings. The van der Waals surface area contributed by atoms with Crippen molar-refractivity contribution in [3.8, 4) is 5.88 Å². The molecule has 0 aliphatic rings. The Morgan fingerprint density at radius 3 is 2.43 bits per heavy atom. The number of hydrogen-bond donors (Lipinski definition) is 2. The lowest BCUT2D eigenvalue weighted by Gasteiger charge is -2.25. The number of rotatable bonds is 8. The van der Waals surface area contributed by atoms with Gasteiger partial charge in [0, 0.05) is 25.2 Å². The third kappa shape index (κ3) is 4.44. The highest BCUT2D eigenvalue weighted by Crippen LogP contribution is 2.30. The molecule has 1 aromatic rings. The molecule has 0 bridgehead atoms. The lowest BCUT2D eigenvalue weighted by atomic mass is 9.79. The summed E-state index contributed by atoms with van der Waals surface area (Å²) in [6, 6.07) is 3.51. The van der Waals surface area contributed by atoms with Crippen LogP contribution in [0.5, 0.6) is 5.88 Å². The Hall–Kier alpha value is -2.11. The molecule has 116 valence electrons. The molecule has 0 saturated heterocycles. The second-order valence-electron chi connectivity index (χ2n) is 4.95. The minimum Gasteiger partial charge on any atom is -0.481 e. The lowest BCUT2D eigenvalue weighted by Crippen LogP contribution is -2.36. The van der Waals surface area contributed by atoms with Crippen molar-refractivity contribution < 1.29 is 19.4 Å². The van der Waals surface area contributed by atoms with Crippen molar-refractivity contribution in [3.05, 3.63) is 23.9 Å². The Balaban J connectivity index is 2.58. The fourth-order valence-electron chi connectivity index (χ4n) is 2.08. The van der Waals surface area contributed by atoms with E-state index >= 15 is 0 Å². The van der Waals surface area contributed by atoms with E-state index in [1.807, 2.05) is 0 Å². The summed E-state index contributed by atoms with van der Waals surface area (Å²) >= 11 is 0. The number of aromatic nitrogens is 1. The van der Waals surface area contributed by atoms with Gasteiger partial charge in [0.15, 0.2) is 0 Å². The van der Waals surface area contributed by atoms with Crippen LogP contribution in [-0.4, -0.2) is 29.1 Å². The van der Waals surface area contributed by atoms with E-state index in [0.29, 0.717) is 25.3 Å². The third-order valence-electron chi connectivity index (χ3n) is 3.80. The summed E-state index contributed by atoms with van der Waals surface area (Å²) in [6.45, 7) is 3.90. The van der Waals surface area contributed by atoms with Crippen LogP contribution in [0.3, 0.4) is 0 Å². The number of carboxylic acid groups (broad SMARTS) is 1. The van der Waals surface area contributed by atoms with Gasteiger partial charge in [-0.25, -0.2) is 4.98 Å². The minimum atomic E-state index is -0.984. The maximum atomic E-state index is 12.0. The van der Waals surface area contributed by atoms with E-state index in [2.05, 4.69) is 10.3 Å². The fourth-order valence-corrected chi connectivity index (χ4v) is 2.08. The van der Waals surface area contributed by atoms with E-state index in [1.54, 1.807) is 32.2 Å². The number of pyridine rings is 1. The number of ether oxygens (including phenoxy) is 1. The van der Waals surface area contributed by atoms with Crippen LogP contribution in [0, 0.1) is 5.41 Å². The zero-order chi connectivity index (χ0) is 15.9. The number of carbonyl (C=O) groups excluding carboxylic acids is 1. The molecule has 0 radical (unpaired) electrons. The van der Waals surface area contributed by atoms with Crippen molar-refractivity contribution in [1.82, 2.24) is 10.3 Å². The van der Waals surface area contributed by atoms with Crippen LogP contribution in [0.2, 0.25) is 0 Å². The van der Waals surface area contributed by atoms with Crippen molar-refractivity contribution in [1.29, 1.82) is 0 Å². The van der Waals surface area contributed by atoms with Crippen LogP contribution in [0.15, 0.2) is 18.3 Å². The summed E-state index contributed by atoms with van der Waals surface area (Å²) in [5.74, 6) is -0.683. The smallest absolute Gasteiger partial charge is 0.310 e. The van der Waals surface area contributed by atoms with E-state index in [-0.39, 0.29) is 12.3 Å². The van der Waals surface area contributed by atoms with Gasteiger partial charge in [0.25, 0.3) is 0 Å². The fraction of sp³-hybridized carbons (Fsp3) is 0.533. The van der Waals surface area contributed by atoms with Crippen LogP contribution in [0.4, 0.5) is 0 Å². The first-order valence-electron chi connectivity index (χ1n) is 6.96. The number of methoxy groups -OCH3 is 1. The highest BCUT2D eigenvalue weighted by Gasteiger charge is 2.36. The number of nitrogens with zero attached hydrogens (tertiary/aromatic N) is 1. The summed E-state index contributed by atoms with van der Waals surface area (Å²) in [5, 5.41) is 12.0. The number of carbonyl (C=O) groups is 2. The Morgan fingerprint density at radius 1 is 1.33 bits per heavy atom.